The van der Waals surface area contributed by atoms with Crippen LogP contribution in [0.1, 0.15) is 11.6 Å². The van der Waals surface area contributed by atoms with Gasteiger partial charge in [0.25, 0.3) is 0 Å². The van der Waals surface area contributed by atoms with Gasteiger partial charge in [-0.3, -0.25) is 0 Å². The second-order valence-corrected chi connectivity index (χ2v) is 3.86. The molecule has 92 valence electrons. The number of carboxylic acids is 1. The minimum atomic E-state index is -1.20. The normalized spacial score (nSPS) is 11.8. The first-order chi connectivity index (χ1) is 8.66. The zero-order valence-electron chi connectivity index (χ0n) is 9.71. The molecule has 0 heterocycles. The number of hydrogen-bond donors (Lipinski definition) is 1. The van der Waals surface area contributed by atoms with Gasteiger partial charge in [-0.05, 0) is 24.3 Å². The second kappa shape index (κ2) is 5.33. The van der Waals surface area contributed by atoms with Crippen LogP contribution in [0, 0.1) is 0 Å². The Balaban J connectivity index is 2.20. The first-order valence-corrected chi connectivity index (χ1v) is 5.53. The van der Waals surface area contributed by atoms with Crippen molar-refractivity contribution in [2.75, 3.05) is 0 Å². The molecule has 2 aromatic rings. The van der Waals surface area contributed by atoms with Gasteiger partial charge in [0.05, 0.1) is 0 Å². The summed E-state index contributed by atoms with van der Waals surface area (Å²) in [4.78, 5) is 10.8. The van der Waals surface area contributed by atoms with E-state index in [1.54, 1.807) is 24.3 Å². The Hall–Kier alpha value is -2.33. The van der Waals surface area contributed by atoms with Gasteiger partial charge in [0.2, 0.25) is 0 Å². The lowest BCUT2D eigenvalue weighted by atomic mass is 10.1. The van der Waals surface area contributed by atoms with E-state index in [2.05, 4.69) is 5.73 Å². The fourth-order valence-corrected chi connectivity index (χ4v) is 1.56. The van der Waals surface area contributed by atoms with Crippen LogP contribution in [0.5, 0.6) is 11.5 Å². The van der Waals surface area contributed by atoms with Crippen molar-refractivity contribution in [2.45, 2.75) is 6.04 Å². The third-order valence-corrected chi connectivity index (χ3v) is 2.52. The highest BCUT2D eigenvalue weighted by molar-refractivity contribution is 5.71. The predicted octanol–water partition coefficient (Wildman–Crippen LogP) is 0.512. The Bertz CT molecular complexity index is 540. The molecule has 0 fully saturated rings. The van der Waals surface area contributed by atoms with Crippen LogP contribution in [-0.4, -0.2) is 5.97 Å². The molecule has 2 aromatic carbocycles. The van der Waals surface area contributed by atoms with E-state index in [0.717, 1.165) is 0 Å². The van der Waals surface area contributed by atoms with Crippen LogP contribution in [0.3, 0.4) is 0 Å². The zero-order chi connectivity index (χ0) is 13.0. The summed E-state index contributed by atoms with van der Waals surface area (Å²) >= 11 is 0. The Kier molecular flexibility index (Phi) is 3.60. The van der Waals surface area contributed by atoms with Crippen LogP contribution in [0.15, 0.2) is 54.6 Å². The maximum atomic E-state index is 10.8. The van der Waals surface area contributed by atoms with Crippen molar-refractivity contribution in [1.29, 1.82) is 0 Å². The molecule has 2 rings (SSSR count). The molecule has 4 heteroatoms. The fraction of sp³-hybridized carbons (Fsp3) is 0.0714. The topological polar surface area (TPSA) is 77.0 Å². The van der Waals surface area contributed by atoms with Crippen LogP contribution in [0.4, 0.5) is 0 Å². The highest BCUT2D eigenvalue weighted by Crippen LogP contribution is 2.23. The van der Waals surface area contributed by atoms with Gasteiger partial charge >= 0.3 is 0 Å². The minimum Gasteiger partial charge on any atom is -0.544 e. The van der Waals surface area contributed by atoms with Crippen molar-refractivity contribution >= 4 is 5.97 Å². The van der Waals surface area contributed by atoms with Crippen LogP contribution in [-0.2, 0) is 4.79 Å². The molecule has 0 bridgehead atoms. The molecule has 0 saturated heterocycles. The van der Waals surface area contributed by atoms with Gasteiger partial charge in [0.1, 0.15) is 17.5 Å². The summed E-state index contributed by atoms with van der Waals surface area (Å²) in [5, 5.41) is 10.8. The van der Waals surface area contributed by atoms with E-state index in [4.69, 9.17) is 4.74 Å². The number of carbonyl (C=O) groups excluding carboxylic acids is 1. The summed E-state index contributed by atoms with van der Waals surface area (Å²) in [6, 6.07) is 15.2. The summed E-state index contributed by atoms with van der Waals surface area (Å²) in [5.41, 5.74) is 4.10. The van der Waals surface area contributed by atoms with E-state index in [9.17, 15) is 9.90 Å². The highest BCUT2D eigenvalue weighted by Gasteiger charge is 2.11. The van der Waals surface area contributed by atoms with Crippen LogP contribution >= 0.6 is 0 Å². The van der Waals surface area contributed by atoms with Gasteiger partial charge in [-0.15, -0.1) is 0 Å². The molecule has 0 aromatic heterocycles. The van der Waals surface area contributed by atoms with Gasteiger partial charge in [0, 0.05) is 5.56 Å². The molecule has 0 aliphatic rings. The second-order valence-electron chi connectivity index (χ2n) is 3.86. The van der Waals surface area contributed by atoms with E-state index in [1.165, 1.54) is 0 Å². The number of aliphatic carboxylic acids is 1. The van der Waals surface area contributed by atoms with Crippen LogP contribution in [0.2, 0.25) is 0 Å². The molecular formula is C14H13NO3. The number of rotatable bonds is 4. The first-order valence-electron chi connectivity index (χ1n) is 5.53. The van der Waals surface area contributed by atoms with Crippen molar-refractivity contribution in [2.24, 2.45) is 0 Å². The van der Waals surface area contributed by atoms with Crippen molar-refractivity contribution < 1.29 is 20.4 Å². The van der Waals surface area contributed by atoms with Gasteiger partial charge < -0.3 is 20.4 Å². The Labute approximate surface area is 105 Å². The average molecular weight is 243 g/mol. The molecular weight excluding hydrogens is 230 g/mol. The number of carbonyl (C=O) groups is 1. The molecule has 1 atom stereocenters. The van der Waals surface area contributed by atoms with Crippen LogP contribution < -0.4 is 15.6 Å². The number of hydrogen-bond acceptors (Lipinski definition) is 3. The lowest BCUT2D eigenvalue weighted by Gasteiger charge is -2.11. The van der Waals surface area contributed by atoms with E-state index in [0.29, 0.717) is 17.1 Å². The molecule has 0 unspecified atom stereocenters. The molecule has 0 saturated carbocycles. The van der Waals surface area contributed by atoms with Crippen molar-refractivity contribution in [3.8, 4) is 11.5 Å². The van der Waals surface area contributed by atoms with Gasteiger partial charge in [0.15, 0.2) is 6.04 Å². The monoisotopic (exact) mass is 243 g/mol. The van der Waals surface area contributed by atoms with Gasteiger partial charge in [-0.2, -0.15) is 0 Å². The standard InChI is InChI=1S/C14H13NO3/c15-13(14(16)17)10-5-4-8-12(9-10)18-11-6-2-1-3-7-11/h1-9,13H,15H2,(H,16,17)/t13-/m0/s1. The fourth-order valence-electron chi connectivity index (χ4n) is 1.56. The number of quaternary nitrogens is 1. The average Bonchev–Trinajstić information content (AvgIpc) is 2.39. The van der Waals surface area contributed by atoms with Crippen molar-refractivity contribution in [3.63, 3.8) is 0 Å². The van der Waals surface area contributed by atoms with Crippen molar-refractivity contribution in [3.05, 3.63) is 60.2 Å². The summed E-state index contributed by atoms with van der Waals surface area (Å²) in [6.07, 6.45) is 0. The maximum absolute atomic E-state index is 10.8. The molecule has 0 radical (unpaired) electrons. The predicted molar refractivity (Wildman–Crippen MR) is 63.6 cm³/mol. The van der Waals surface area contributed by atoms with E-state index >= 15 is 0 Å². The molecule has 0 aliphatic heterocycles. The third kappa shape index (κ3) is 2.87. The number of carboxylic acid groups (broad SMARTS) is 1. The molecule has 4 nitrogen and oxygen atoms in total. The SMILES string of the molecule is [NH3+][C@H](C(=O)[O-])c1cccc(Oc2ccccc2)c1. The summed E-state index contributed by atoms with van der Waals surface area (Å²) in [7, 11) is 0. The van der Waals surface area contributed by atoms with E-state index < -0.39 is 12.0 Å². The lowest BCUT2D eigenvalue weighted by molar-refractivity contribution is -0.443. The maximum Gasteiger partial charge on any atom is 0.150 e. The van der Waals surface area contributed by atoms with E-state index in [1.807, 2.05) is 30.3 Å². The molecule has 0 spiro atoms. The quantitative estimate of drug-likeness (QED) is 0.850. The number of benzene rings is 2. The molecule has 0 amide bonds. The van der Waals surface area contributed by atoms with Gasteiger partial charge in [-0.1, -0.05) is 30.3 Å². The Morgan fingerprint density at radius 2 is 1.72 bits per heavy atom. The Morgan fingerprint density at radius 1 is 1.06 bits per heavy atom. The summed E-state index contributed by atoms with van der Waals surface area (Å²) in [6.45, 7) is 0. The van der Waals surface area contributed by atoms with E-state index in [-0.39, 0.29) is 0 Å². The number of para-hydroxylation sites is 1. The minimum absolute atomic E-state index is 0.559. The molecule has 0 aliphatic carbocycles. The lowest BCUT2D eigenvalue weighted by Crippen LogP contribution is -2.61. The molecule has 3 N–H and O–H groups in total. The smallest absolute Gasteiger partial charge is 0.150 e. The summed E-state index contributed by atoms with van der Waals surface area (Å²) in [5.74, 6) is 0.0733. The molecule has 18 heavy (non-hydrogen) atoms. The summed E-state index contributed by atoms with van der Waals surface area (Å²) < 4.78 is 5.61. The van der Waals surface area contributed by atoms with Crippen LogP contribution in [0.25, 0.3) is 0 Å². The van der Waals surface area contributed by atoms with Gasteiger partial charge in [-0.25, -0.2) is 0 Å². The number of ether oxygens (including phenoxy) is 1. The largest absolute Gasteiger partial charge is 0.544 e. The highest BCUT2D eigenvalue weighted by atomic mass is 16.5. The third-order valence-electron chi connectivity index (χ3n) is 2.52. The van der Waals surface area contributed by atoms with Crippen molar-refractivity contribution in [1.82, 2.24) is 0 Å². The zero-order valence-corrected chi connectivity index (χ0v) is 9.71. The first kappa shape index (κ1) is 12.1. The Morgan fingerprint density at radius 3 is 2.39 bits per heavy atom.